The molecule has 0 saturated carbocycles. The average molecular weight is 328 g/mol. The van der Waals surface area contributed by atoms with E-state index in [4.69, 9.17) is 32.7 Å². The number of carbonyl (C=O) groups excluding carboxylic acids is 1. The molecule has 0 radical (unpaired) electrons. The molecule has 2 aromatic rings. The van der Waals surface area contributed by atoms with Crippen LogP contribution in [-0.2, 0) is 0 Å². The Morgan fingerprint density at radius 3 is 2.43 bits per heavy atom. The summed E-state index contributed by atoms with van der Waals surface area (Å²) in [4.78, 5) is 19.6. The van der Waals surface area contributed by atoms with Crippen molar-refractivity contribution in [1.82, 2.24) is 9.97 Å². The van der Waals surface area contributed by atoms with Crippen LogP contribution >= 0.6 is 23.2 Å². The molecule has 1 N–H and O–H groups in total. The number of amides is 1. The molecule has 1 aromatic heterocycles. The minimum absolute atomic E-state index is 0.0646. The maximum Gasteiger partial charge on any atom is 0.274 e. The van der Waals surface area contributed by atoms with E-state index in [1.54, 1.807) is 18.2 Å². The normalized spacial score (nSPS) is 10.1. The molecule has 1 heterocycles. The van der Waals surface area contributed by atoms with Crippen LogP contribution < -0.4 is 14.8 Å². The van der Waals surface area contributed by atoms with Crippen LogP contribution in [0, 0.1) is 0 Å². The summed E-state index contributed by atoms with van der Waals surface area (Å²) in [5.41, 5.74) is 0.582. The second-order valence-electron chi connectivity index (χ2n) is 3.87. The van der Waals surface area contributed by atoms with E-state index in [-0.39, 0.29) is 16.1 Å². The molecule has 0 bridgehead atoms. The lowest BCUT2D eigenvalue weighted by molar-refractivity contribution is 0.102. The molecule has 0 saturated heterocycles. The molecule has 21 heavy (non-hydrogen) atoms. The summed E-state index contributed by atoms with van der Waals surface area (Å²) in [6, 6.07) is 6.29. The number of halogens is 2. The van der Waals surface area contributed by atoms with Crippen molar-refractivity contribution in [2.45, 2.75) is 0 Å². The van der Waals surface area contributed by atoms with Crippen molar-refractivity contribution in [3.05, 3.63) is 40.4 Å². The highest BCUT2D eigenvalue weighted by Crippen LogP contribution is 2.29. The molecule has 0 spiro atoms. The molecular formula is C13H11Cl2N3O3. The van der Waals surface area contributed by atoms with Crippen LogP contribution in [0.5, 0.6) is 11.5 Å². The van der Waals surface area contributed by atoms with Crippen LogP contribution in [0.2, 0.25) is 10.4 Å². The summed E-state index contributed by atoms with van der Waals surface area (Å²) in [5, 5.41) is 2.65. The number of carbonyl (C=O) groups is 1. The fourth-order valence-electron chi connectivity index (χ4n) is 1.62. The van der Waals surface area contributed by atoms with E-state index < -0.39 is 5.91 Å². The second kappa shape index (κ2) is 6.60. The zero-order valence-corrected chi connectivity index (χ0v) is 12.7. The third-order valence-corrected chi connectivity index (χ3v) is 2.90. The number of benzene rings is 1. The van der Waals surface area contributed by atoms with Gasteiger partial charge in [-0.1, -0.05) is 11.6 Å². The monoisotopic (exact) mass is 327 g/mol. The van der Waals surface area contributed by atoms with Crippen LogP contribution in [-0.4, -0.2) is 30.1 Å². The lowest BCUT2D eigenvalue weighted by atomic mass is 10.2. The Labute approximate surface area is 131 Å². The van der Waals surface area contributed by atoms with Crippen molar-refractivity contribution in [2.75, 3.05) is 19.5 Å². The smallest absolute Gasteiger partial charge is 0.274 e. The van der Waals surface area contributed by atoms with Gasteiger partial charge in [0.1, 0.15) is 10.8 Å². The Bertz CT molecular complexity index is 659. The van der Waals surface area contributed by atoms with Crippen molar-refractivity contribution in [3.8, 4) is 11.5 Å². The van der Waals surface area contributed by atoms with Crippen molar-refractivity contribution in [3.63, 3.8) is 0 Å². The largest absolute Gasteiger partial charge is 0.493 e. The number of hydrogen-bond acceptors (Lipinski definition) is 5. The van der Waals surface area contributed by atoms with Gasteiger partial charge in [0.25, 0.3) is 5.91 Å². The quantitative estimate of drug-likeness (QED) is 0.690. The Morgan fingerprint density at radius 2 is 1.81 bits per heavy atom. The number of methoxy groups -OCH3 is 2. The highest BCUT2D eigenvalue weighted by atomic mass is 35.5. The van der Waals surface area contributed by atoms with E-state index in [1.807, 2.05) is 0 Å². The molecule has 110 valence electrons. The van der Waals surface area contributed by atoms with Gasteiger partial charge in [-0.05, 0) is 23.7 Å². The van der Waals surface area contributed by atoms with Gasteiger partial charge in [0, 0.05) is 17.8 Å². The molecular weight excluding hydrogens is 317 g/mol. The molecule has 8 heteroatoms. The van der Waals surface area contributed by atoms with Gasteiger partial charge in [-0.3, -0.25) is 4.79 Å². The summed E-state index contributed by atoms with van der Waals surface area (Å²) < 4.78 is 10.3. The van der Waals surface area contributed by atoms with E-state index in [0.29, 0.717) is 17.2 Å². The van der Waals surface area contributed by atoms with Crippen LogP contribution in [0.4, 0.5) is 5.69 Å². The van der Waals surface area contributed by atoms with Gasteiger partial charge >= 0.3 is 0 Å². The molecule has 0 aliphatic rings. The van der Waals surface area contributed by atoms with Gasteiger partial charge in [-0.25, -0.2) is 9.97 Å². The fourth-order valence-corrected chi connectivity index (χ4v) is 2.02. The number of nitrogens with one attached hydrogen (secondary N) is 1. The molecule has 1 aromatic carbocycles. The standard InChI is InChI=1S/C13H11Cl2N3O3/c1-20-9-4-3-7(5-10(9)21-2)16-12(19)8-6-11(14)18-13(15)17-8/h3-6H,1-2H3,(H,16,19). The number of anilines is 1. The first-order chi connectivity index (χ1) is 10.0. The first kappa shape index (κ1) is 15.3. The minimum atomic E-state index is -0.464. The third-order valence-electron chi connectivity index (χ3n) is 2.54. The van der Waals surface area contributed by atoms with Crippen molar-refractivity contribution in [1.29, 1.82) is 0 Å². The molecule has 0 aliphatic heterocycles. The van der Waals surface area contributed by atoms with E-state index in [2.05, 4.69) is 15.3 Å². The maximum absolute atomic E-state index is 12.1. The first-order valence-electron chi connectivity index (χ1n) is 5.77. The number of rotatable bonds is 4. The first-order valence-corrected chi connectivity index (χ1v) is 6.52. The molecule has 0 atom stereocenters. The summed E-state index contributed by atoms with van der Waals surface area (Å²) in [7, 11) is 3.04. The topological polar surface area (TPSA) is 73.3 Å². The number of nitrogens with zero attached hydrogens (tertiary/aromatic N) is 2. The van der Waals surface area contributed by atoms with Crippen LogP contribution in [0.15, 0.2) is 24.3 Å². The maximum atomic E-state index is 12.1. The molecule has 6 nitrogen and oxygen atoms in total. The van der Waals surface area contributed by atoms with Gasteiger partial charge in [0.05, 0.1) is 14.2 Å². The Balaban J connectivity index is 2.23. The molecule has 0 fully saturated rings. The minimum Gasteiger partial charge on any atom is -0.493 e. The number of hydrogen-bond donors (Lipinski definition) is 1. The molecule has 1 amide bonds. The predicted molar refractivity (Wildman–Crippen MR) is 79.6 cm³/mol. The highest BCUT2D eigenvalue weighted by molar-refractivity contribution is 6.32. The van der Waals surface area contributed by atoms with E-state index >= 15 is 0 Å². The highest BCUT2D eigenvalue weighted by Gasteiger charge is 2.12. The summed E-state index contributed by atoms with van der Waals surface area (Å²) in [6.45, 7) is 0. The SMILES string of the molecule is COc1ccc(NC(=O)c2cc(Cl)nc(Cl)n2)cc1OC. The predicted octanol–water partition coefficient (Wildman–Crippen LogP) is 3.05. The molecule has 2 rings (SSSR count). The molecule has 0 aliphatic carbocycles. The number of ether oxygens (including phenoxy) is 2. The van der Waals surface area contributed by atoms with Crippen molar-refractivity contribution < 1.29 is 14.3 Å². The van der Waals surface area contributed by atoms with E-state index in [1.165, 1.54) is 20.3 Å². The Hall–Kier alpha value is -2.05. The fraction of sp³-hybridized carbons (Fsp3) is 0.154. The third kappa shape index (κ3) is 3.74. The summed E-state index contributed by atoms with van der Waals surface area (Å²) in [6.07, 6.45) is 0. The van der Waals surface area contributed by atoms with Gasteiger partial charge in [0.2, 0.25) is 5.28 Å². The molecule has 0 unspecified atom stereocenters. The number of aromatic nitrogens is 2. The zero-order chi connectivity index (χ0) is 15.4. The van der Waals surface area contributed by atoms with Crippen molar-refractivity contribution in [2.24, 2.45) is 0 Å². The Kier molecular flexibility index (Phi) is 4.82. The average Bonchev–Trinajstić information content (AvgIpc) is 2.46. The van der Waals surface area contributed by atoms with Gasteiger partial charge < -0.3 is 14.8 Å². The summed E-state index contributed by atoms with van der Waals surface area (Å²) in [5.74, 6) is 0.589. The van der Waals surface area contributed by atoms with E-state index in [9.17, 15) is 4.79 Å². The van der Waals surface area contributed by atoms with Gasteiger partial charge in [0.15, 0.2) is 11.5 Å². The van der Waals surface area contributed by atoms with Crippen LogP contribution in [0.1, 0.15) is 10.5 Å². The van der Waals surface area contributed by atoms with Crippen LogP contribution in [0.25, 0.3) is 0 Å². The lowest BCUT2D eigenvalue weighted by Crippen LogP contribution is -2.14. The van der Waals surface area contributed by atoms with Gasteiger partial charge in [-0.15, -0.1) is 0 Å². The second-order valence-corrected chi connectivity index (χ2v) is 4.59. The Morgan fingerprint density at radius 1 is 1.10 bits per heavy atom. The van der Waals surface area contributed by atoms with Gasteiger partial charge in [-0.2, -0.15) is 0 Å². The summed E-state index contributed by atoms with van der Waals surface area (Å²) >= 11 is 11.4. The lowest BCUT2D eigenvalue weighted by Gasteiger charge is -2.10. The van der Waals surface area contributed by atoms with E-state index in [0.717, 1.165) is 0 Å². The zero-order valence-electron chi connectivity index (χ0n) is 11.2. The van der Waals surface area contributed by atoms with Crippen molar-refractivity contribution >= 4 is 34.8 Å². The van der Waals surface area contributed by atoms with Crippen LogP contribution in [0.3, 0.4) is 0 Å².